The van der Waals surface area contributed by atoms with Gasteiger partial charge >= 0.3 is 0 Å². The number of aliphatic carboxylic acids is 1. The standard InChI is InChI=1S/C21H42N2O3/c1-5-7-8-9-10-11-12-13-14-15-16-17-20(24)22-19(6-2)23(3,4)18-21(25)26/h19H,5-18H2,1-4H3,(H-,22,24,25,26). The molecule has 0 bridgehead atoms. The fourth-order valence-electron chi connectivity index (χ4n) is 3.42. The predicted molar refractivity (Wildman–Crippen MR) is 105 cm³/mol. The predicted octanol–water partition coefficient (Wildman–Crippen LogP) is 3.37. The van der Waals surface area contributed by atoms with Crippen LogP contribution in [0.15, 0.2) is 0 Å². The Morgan fingerprint density at radius 3 is 1.73 bits per heavy atom. The second-order valence-electron chi connectivity index (χ2n) is 8.09. The molecule has 0 radical (unpaired) electrons. The summed E-state index contributed by atoms with van der Waals surface area (Å²) in [6, 6.07) is 0. The van der Waals surface area contributed by atoms with Gasteiger partial charge < -0.3 is 19.7 Å². The Hall–Kier alpha value is -1.10. The molecule has 1 unspecified atom stereocenters. The summed E-state index contributed by atoms with van der Waals surface area (Å²) in [7, 11) is 3.62. The van der Waals surface area contributed by atoms with E-state index in [4.69, 9.17) is 0 Å². The Kier molecular flexibility index (Phi) is 14.4. The minimum Gasteiger partial charge on any atom is -0.544 e. The van der Waals surface area contributed by atoms with Gasteiger partial charge in [-0.3, -0.25) is 4.79 Å². The molecule has 0 aromatic heterocycles. The van der Waals surface area contributed by atoms with Gasteiger partial charge in [0.15, 0.2) is 6.17 Å². The van der Waals surface area contributed by atoms with Crippen molar-refractivity contribution in [3.63, 3.8) is 0 Å². The number of likely N-dealkylation sites (N-methyl/N-ethyl adjacent to an activating group) is 1. The molecule has 1 N–H and O–H groups in total. The molecule has 5 heteroatoms. The molecular formula is C21H42N2O3. The number of carbonyl (C=O) groups is 2. The molecule has 26 heavy (non-hydrogen) atoms. The first-order valence-electron chi connectivity index (χ1n) is 10.6. The Bertz CT molecular complexity index is 383. The van der Waals surface area contributed by atoms with E-state index in [9.17, 15) is 14.7 Å². The van der Waals surface area contributed by atoms with E-state index in [1.807, 2.05) is 21.0 Å². The van der Waals surface area contributed by atoms with E-state index in [1.54, 1.807) is 0 Å². The summed E-state index contributed by atoms with van der Waals surface area (Å²) in [6.45, 7) is 4.11. The molecule has 0 aromatic rings. The van der Waals surface area contributed by atoms with E-state index in [0.29, 0.717) is 12.8 Å². The first kappa shape index (κ1) is 24.9. The van der Waals surface area contributed by atoms with Gasteiger partial charge in [-0.25, -0.2) is 0 Å². The number of hydrogen-bond donors (Lipinski definition) is 1. The second kappa shape index (κ2) is 15.0. The van der Waals surface area contributed by atoms with E-state index in [0.717, 1.165) is 12.8 Å². The summed E-state index contributed by atoms with van der Waals surface area (Å²) >= 11 is 0. The van der Waals surface area contributed by atoms with Crippen molar-refractivity contribution in [1.29, 1.82) is 0 Å². The molecule has 1 atom stereocenters. The van der Waals surface area contributed by atoms with Crippen molar-refractivity contribution in [2.45, 2.75) is 103 Å². The fraction of sp³-hybridized carbons (Fsp3) is 0.905. The lowest BCUT2D eigenvalue weighted by Crippen LogP contribution is -2.60. The zero-order chi connectivity index (χ0) is 19.8. The number of carboxylic acid groups (broad SMARTS) is 1. The number of hydrogen-bond acceptors (Lipinski definition) is 3. The summed E-state index contributed by atoms with van der Waals surface area (Å²) < 4.78 is 0.211. The van der Waals surface area contributed by atoms with Gasteiger partial charge in [-0.2, -0.15) is 0 Å². The third kappa shape index (κ3) is 13.2. The molecule has 154 valence electrons. The number of nitrogens with one attached hydrogen (secondary N) is 1. The summed E-state index contributed by atoms with van der Waals surface area (Å²) in [5.41, 5.74) is 0. The van der Waals surface area contributed by atoms with Gasteiger partial charge in [0.25, 0.3) is 0 Å². The Morgan fingerprint density at radius 1 is 0.846 bits per heavy atom. The lowest BCUT2D eigenvalue weighted by molar-refractivity contribution is -0.912. The molecule has 1 amide bonds. The molecule has 0 saturated heterocycles. The van der Waals surface area contributed by atoms with Crippen LogP contribution in [0.4, 0.5) is 0 Å². The van der Waals surface area contributed by atoms with Crippen molar-refractivity contribution in [3.05, 3.63) is 0 Å². The zero-order valence-electron chi connectivity index (χ0n) is 17.6. The van der Waals surface area contributed by atoms with E-state index in [1.165, 1.54) is 57.8 Å². The average Bonchev–Trinajstić information content (AvgIpc) is 2.56. The molecule has 0 aromatic carbocycles. The smallest absolute Gasteiger partial charge is 0.224 e. The molecular weight excluding hydrogens is 328 g/mol. The Morgan fingerprint density at radius 2 is 1.31 bits per heavy atom. The van der Waals surface area contributed by atoms with Gasteiger partial charge in [0.05, 0.1) is 20.1 Å². The molecule has 5 nitrogen and oxygen atoms in total. The molecule has 0 spiro atoms. The lowest BCUT2D eigenvalue weighted by atomic mass is 10.1. The number of carbonyl (C=O) groups excluding carboxylic acids is 2. The van der Waals surface area contributed by atoms with Gasteiger partial charge in [0, 0.05) is 12.8 Å². The maximum Gasteiger partial charge on any atom is 0.224 e. The minimum absolute atomic E-state index is 0.0253. The van der Waals surface area contributed by atoms with Gasteiger partial charge in [0.1, 0.15) is 6.54 Å². The maximum absolute atomic E-state index is 12.1. The molecule has 0 aliphatic carbocycles. The van der Waals surface area contributed by atoms with E-state index in [-0.39, 0.29) is 23.1 Å². The van der Waals surface area contributed by atoms with Crippen molar-refractivity contribution in [1.82, 2.24) is 5.32 Å². The normalized spacial score (nSPS) is 12.8. The van der Waals surface area contributed by atoms with E-state index in [2.05, 4.69) is 12.2 Å². The number of nitrogens with zero attached hydrogens (tertiary/aromatic N) is 1. The van der Waals surface area contributed by atoms with Crippen LogP contribution in [-0.2, 0) is 9.59 Å². The first-order valence-corrected chi connectivity index (χ1v) is 10.6. The molecule has 0 heterocycles. The molecule has 0 saturated carbocycles. The highest BCUT2D eigenvalue weighted by molar-refractivity contribution is 5.76. The van der Waals surface area contributed by atoms with Crippen molar-refractivity contribution in [2.75, 3.05) is 20.6 Å². The largest absolute Gasteiger partial charge is 0.544 e. The highest BCUT2D eigenvalue weighted by Crippen LogP contribution is 2.12. The number of quaternary nitrogens is 1. The average molecular weight is 371 g/mol. The van der Waals surface area contributed by atoms with Crippen molar-refractivity contribution < 1.29 is 19.2 Å². The third-order valence-electron chi connectivity index (χ3n) is 5.10. The zero-order valence-corrected chi connectivity index (χ0v) is 17.6. The number of rotatable bonds is 17. The lowest BCUT2D eigenvalue weighted by Gasteiger charge is -2.38. The second-order valence-corrected chi connectivity index (χ2v) is 8.09. The van der Waals surface area contributed by atoms with E-state index < -0.39 is 5.97 Å². The fourth-order valence-corrected chi connectivity index (χ4v) is 3.42. The van der Waals surface area contributed by atoms with Crippen LogP contribution in [0.5, 0.6) is 0 Å². The monoisotopic (exact) mass is 370 g/mol. The van der Waals surface area contributed by atoms with Crippen LogP contribution in [0.25, 0.3) is 0 Å². The van der Waals surface area contributed by atoms with Gasteiger partial charge in [-0.15, -0.1) is 0 Å². The van der Waals surface area contributed by atoms with Crippen molar-refractivity contribution >= 4 is 11.9 Å². The van der Waals surface area contributed by atoms with Gasteiger partial charge in [0.2, 0.25) is 5.91 Å². The summed E-state index contributed by atoms with van der Waals surface area (Å²) in [6.07, 6.45) is 14.9. The quantitative estimate of drug-likeness (QED) is 0.242. The minimum atomic E-state index is -1.09. The summed E-state index contributed by atoms with van der Waals surface area (Å²) in [5.74, 6) is -1.06. The Labute approximate surface area is 161 Å². The highest BCUT2D eigenvalue weighted by atomic mass is 16.4. The van der Waals surface area contributed by atoms with Crippen LogP contribution < -0.4 is 10.4 Å². The van der Waals surface area contributed by atoms with Crippen LogP contribution in [-0.4, -0.2) is 43.2 Å². The molecule has 0 rings (SSSR count). The molecule has 0 aliphatic heterocycles. The third-order valence-corrected chi connectivity index (χ3v) is 5.10. The molecule has 0 aliphatic rings. The van der Waals surface area contributed by atoms with Gasteiger partial charge in [-0.05, 0) is 6.42 Å². The van der Waals surface area contributed by atoms with Crippen LogP contribution in [0, 0.1) is 0 Å². The maximum atomic E-state index is 12.1. The number of amides is 1. The highest BCUT2D eigenvalue weighted by Gasteiger charge is 2.28. The SMILES string of the molecule is CCCCCCCCCCCCCC(=O)NC(CC)[N+](C)(C)CC(=O)[O-]. The molecule has 0 fully saturated rings. The Balaban J connectivity index is 3.74. The first-order chi connectivity index (χ1) is 12.3. The van der Waals surface area contributed by atoms with Gasteiger partial charge in [-0.1, -0.05) is 78.1 Å². The van der Waals surface area contributed by atoms with Crippen LogP contribution in [0.1, 0.15) is 97.3 Å². The van der Waals surface area contributed by atoms with Crippen LogP contribution in [0.2, 0.25) is 0 Å². The topological polar surface area (TPSA) is 69.2 Å². The van der Waals surface area contributed by atoms with Crippen molar-refractivity contribution in [2.24, 2.45) is 0 Å². The summed E-state index contributed by atoms with van der Waals surface area (Å²) in [4.78, 5) is 23.0. The number of carboxylic acids is 1. The summed E-state index contributed by atoms with van der Waals surface area (Å²) in [5, 5.41) is 13.9. The van der Waals surface area contributed by atoms with Crippen LogP contribution >= 0.6 is 0 Å². The number of unbranched alkanes of at least 4 members (excludes halogenated alkanes) is 10. The van der Waals surface area contributed by atoms with E-state index >= 15 is 0 Å². The van der Waals surface area contributed by atoms with Crippen molar-refractivity contribution in [3.8, 4) is 0 Å². The van der Waals surface area contributed by atoms with Crippen LogP contribution in [0.3, 0.4) is 0 Å².